The zero-order valence-corrected chi connectivity index (χ0v) is 14.5. The number of hydrogen-bond acceptors (Lipinski definition) is 4. The molecule has 1 fully saturated rings. The summed E-state index contributed by atoms with van der Waals surface area (Å²) in [5.74, 6) is 0.216. The van der Waals surface area contributed by atoms with E-state index in [9.17, 15) is 13.2 Å². The monoisotopic (exact) mass is 324 g/mol. The largest absolute Gasteiger partial charge is 0.365 e. The number of hydrogen-bond donors (Lipinski definition) is 0. The molecule has 0 aromatic heterocycles. The molecule has 1 aromatic rings. The predicted molar refractivity (Wildman–Crippen MR) is 89.0 cm³/mol. The third kappa shape index (κ3) is 4.00. The van der Waals surface area contributed by atoms with E-state index in [1.54, 1.807) is 11.9 Å². The van der Waals surface area contributed by atoms with Crippen molar-refractivity contribution in [3.63, 3.8) is 0 Å². The minimum Gasteiger partial charge on any atom is -0.365 e. The van der Waals surface area contributed by atoms with Gasteiger partial charge in [-0.25, -0.2) is 8.42 Å². The molecule has 5 nitrogen and oxygen atoms in total. The summed E-state index contributed by atoms with van der Waals surface area (Å²) in [4.78, 5) is 15.9. The second-order valence-corrected chi connectivity index (χ2v) is 8.49. The van der Waals surface area contributed by atoms with E-state index >= 15 is 0 Å². The van der Waals surface area contributed by atoms with Crippen LogP contribution in [-0.4, -0.2) is 57.4 Å². The van der Waals surface area contributed by atoms with E-state index < -0.39 is 9.84 Å². The number of carbonyl (C=O) groups is 1. The van der Waals surface area contributed by atoms with Gasteiger partial charge in [0.05, 0.1) is 18.1 Å². The highest BCUT2D eigenvalue weighted by Gasteiger charge is 2.32. The van der Waals surface area contributed by atoms with Crippen molar-refractivity contribution in [1.82, 2.24) is 4.90 Å². The minimum atomic E-state index is -2.97. The molecule has 1 unspecified atom stereocenters. The Morgan fingerprint density at radius 3 is 2.27 bits per heavy atom. The van der Waals surface area contributed by atoms with Gasteiger partial charge >= 0.3 is 0 Å². The number of rotatable bonds is 4. The molecule has 0 spiro atoms. The quantitative estimate of drug-likeness (QED) is 0.840. The van der Waals surface area contributed by atoms with Gasteiger partial charge in [-0.3, -0.25) is 4.79 Å². The van der Waals surface area contributed by atoms with Crippen LogP contribution in [0.1, 0.15) is 17.5 Å². The van der Waals surface area contributed by atoms with Gasteiger partial charge in [-0.05, 0) is 43.5 Å². The molecule has 0 bridgehead atoms. The van der Waals surface area contributed by atoms with Gasteiger partial charge < -0.3 is 9.80 Å². The number of nitrogens with zero attached hydrogens (tertiary/aromatic N) is 2. The van der Waals surface area contributed by atoms with Crippen LogP contribution in [0.15, 0.2) is 18.2 Å². The summed E-state index contributed by atoms with van der Waals surface area (Å²) < 4.78 is 23.1. The van der Waals surface area contributed by atoms with Gasteiger partial charge in [0.25, 0.3) is 0 Å². The molecule has 2 rings (SSSR count). The number of amides is 1. The molecular formula is C16H24N2O3S. The van der Waals surface area contributed by atoms with E-state index in [-0.39, 0.29) is 30.0 Å². The van der Waals surface area contributed by atoms with Crippen LogP contribution in [-0.2, 0) is 14.6 Å². The van der Waals surface area contributed by atoms with Crippen LogP contribution < -0.4 is 4.90 Å². The van der Waals surface area contributed by atoms with Crippen LogP contribution in [0.3, 0.4) is 0 Å². The summed E-state index contributed by atoms with van der Waals surface area (Å²) >= 11 is 0. The smallest absolute Gasteiger partial charge is 0.242 e. The van der Waals surface area contributed by atoms with Crippen molar-refractivity contribution < 1.29 is 13.2 Å². The maximum Gasteiger partial charge on any atom is 0.242 e. The molecule has 1 aliphatic rings. The van der Waals surface area contributed by atoms with Crippen LogP contribution in [0, 0.1) is 13.8 Å². The van der Waals surface area contributed by atoms with Crippen molar-refractivity contribution in [3.05, 3.63) is 29.3 Å². The number of anilines is 1. The molecule has 6 heteroatoms. The van der Waals surface area contributed by atoms with Gasteiger partial charge in [0, 0.05) is 25.8 Å². The first-order valence-electron chi connectivity index (χ1n) is 7.43. The SMILES string of the molecule is Cc1cc(C)cc(N(C)CC(=O)N(C)C2CCS(=O)(=O)C2)c1. The highest BCUT2D eigenvalue weighted by atomic mass is 32.2. The highest BCUT2D eigenvalue weighted by Crippen LogP contribution is 2.19. The Morgan fingerprint density at radius 1 is 1.18 bits per heavy atom. The summed E-state index contributed by atoms with van der Waals surface area (Å²) in [6.07, 6.45) is 0.540. The fourth-order valence-corrected chi connectivity index (χ4v) is 4.64. The van der Waals surface area contributed by atoms with Crippen LogP contribution >= 0.6 is 0 Å². The van der Waals surface area contributed by atoms with Crippen LogP contribution in [0.25, 0.3) is 0 Å². The maximum absolute atomic E-state index is 12.4. The molecule has 0 radical (unpaired) electrons. The lowest BCUT2D eigenvalue weighted by Crippen LogP contribution is -2.43. The normalized spacial score (nSPS) is 19.9. The van der Waals surface area contributed by atoms with Gasteiger partial charge in [0.15, 0.2) is 9.84 Å². The minimum absolute atomic E-state index is 0.0521. The van der Waals surface area contributed by atoms with E-state index in [2.05, 4.69) is 6.07 Å². The molecule has 0 N–H and O–H groups in total. The van der Waals surface area contributed by atoms with E-state index in [1.165, 1.54) is 0 Å². The Bertz CT molecular complexity index is 650. The van der Waals surface area contributed by atoms with Crippen LogP contribution in [0.4, 0.5) is 5.69 Å². The third-order valence-corrected chi connectivity index (χ3v) is 5.92. The van der Waals surface area contributed by atoms with Gasteiger partial charge in [0.1, 0.15) is 0 Å². The lowest BCUT2D eigenvalue weighted by atomic mass is 10.1. The third-order valence-electron chi connectivity index (χ3n) is 4.17. The predicted octanol–water partition coefficient (Wildman–Crippen LogP) is 1.39. The molecule has 1 amide bonds. The number of likely N-dealkylation sites (N-methyl/N-ethyl adjacent to an activating group) is 2. The molecule has 0 aliphatic carbocycles. The first-order valence-corrected chi connectivity index (χ1v) is 9.25. The number of benzene rings is 1. The fourth-order valence-electron chi connectivity index (χ4n) is 2.86. The van der Waals surface area contributed by atoms with Crippen molar-refractivity contribution in [2.75, 3.05) is 37.0 Å². The Balaban J connectivity index is 2.02. The van der Waals surface area contributed by atoms with Gasteiger partial charge in [0.2, 0.25) is 5.91 Å². The Labute approximate surface area is 132 Å². The van der Waals surface area contributed by atoms with Gasteiger partial charge in [-0.2, -0.15) is 0 Å². The van der Waals surface area contributed by atoms with E-state index in [0.717, 1.165) is 16.8 Å². The van der Waals surface area contributed by atoms with Gasteiger partial charge in [-0.1, -0.05) is 6.07 Å². The van der Waals surface area contributed by atoms with Crippen LogP contribution in [0.5, 0.6) is 0 Å². The maximum atomic E-state index is 12.4. The zero-order chi connectivity index (χ0) is 16.5. The number of sulfone groups is 1. The Hall–Kier alpha value is -1.56. The summed E-state index contributed by atoms with van der Waals surface area (Å²) in [5.41, 5.74) is 3.31. The summed E-state index contributed by atoms with van der Waals surface area (Å²) in [6, 6.07) is 5.99. The fraction of sp³-hybridized carbons (Fsp3) is 0.562. The lowest BCUT2D eigenvalue weighted by Gasteiger charge is -2.27. The topological polar surface area (TPSA) is 57.7 Å². The van der Waals surface area contributed by atoms with E-state index in [4.69, 9.17) is 0 Å². The first kappa shape index (κ1) is 16.8. The molecule has 1 atom stereocenters. The molecule has 122 valence electrons. The summed E-state index contributed by atoms with van der Waals surface area (Å²) in [7, 11) is 0.605. The zero-order valence-electron chi connectivity index (χ0n) is 13.7. The summed E-state index contributed by atoms with van der Waals surface area (Å²) in [5, 5.41) is 0. The van der Waals surface area contributed by atoms with Crippen molar-refractivity contribution in [1.29, 1.82) is 0 Å². The molecule has 1 aliphatic heterocycles. The van der Waals surface area contributed by atoms with Crippen LogP contribution in [0.2, 0.25) is 0 Å². The van der Waals surface area contributed by atoms with Crippen molar-refractivity contribution in [3.8, 4) is 0 Å². The molecule has 0 saturated carbocycles. The molecule has 1 saturated heterocycles. The molecule has 1 aromatic carbocycles. The lowest BCUT2D eigenvalue weighted by molar-refractivity contribution is -0.130. The highest BCUT2D eigenvalue weighted by molar-refractivity contribution is 7.91. The second-order valence-electron chi connectivity index (χ2n) is 6.26. The van der Waals surface area contributed by atoms with Crippen molar-refractivity contribution in [2.24, 2.45) is 0 Å². The Morgan fingerprint density at radius 2 is 1.77 bits per heavy atom. The second kappa shape index (κ2) is 6.28. The Kier molecular flexibility index (Phi) is 4.80. The first-order chi connectivity index (χ1) is 10.2. The number of carbonyl (C=O) groups excluding carboxylic acids is 1. The number of aryl methyl sites for hydroxylation is 2. The molecule has 22 heavy (non-hydrogen) atoms. The van der Waals surface area contributed by atoms with Gasteiger partial charge in [-0.15, -0.1) is 0 Å². The standard InChI is InChI=1S/C16H24N2O3S/c1-12-7-13(2)9-15(8-12)17(3)10-16(19)18(4)14-5-6-22(20,21)11-14/h7-9,14H,5-6,10-11H2,1-4H3. The van der Waals surface area contributed by atoms with E-state index in [1.807, 2.05) is 37.9 Å². The average molecular weight is 324 g/mol. The average Bonchev–Trinajstić information content (AvgIpc) is 2.77. The molecule has 1 heterocycles. The summed E-state index contributed by atoms with van der Waals surface area (Å²) in [6.45, 7) is 4.30. The van der Waals surface area contributed by atoms with E-state index in [0.29, 0.717) is 6.42 Å². The van der Waals surface area contributed by atoms with Crippen molar-refractivity contribution >= 4 is 21.4 Å². The molecular weight excluding hydrogens is 300 g/mol. The van der Waals surface area contributed by atoms with Crippen molar-refractivity contribution in [2.45, 2.75) is 26.3 Å².